The quantitative estimate of drug-likeness (QED) is 0.349. The molecule has 0 aliphatic heterocycles. The number of alkyl halides is 3. The molecule has 8 nitrogen and oxygen atoms in total. The molecule has 0 fully saturated rings. The molecule has 2 aromatic carbocycles. The number of benzene rings is 2. The molecule has 35 heavy (non-hydrogen) atoms. The summed E-state index contributed by atoms with van der Waals surface area (Å²) in [5, 5.41) is 27.4. The van der Waals surface area contributed by atoms with Gasteiger partial charge in [-0.15, -0.1) is 5.10 Å². The molecule has 0 spiro atoms. The predicted molar refractivity (Wildman–Crippen MR) is 122 cm³/mol. The Morgan fingerprint density at radius 3 is 2.40 bits per heavy atom. The zero-order valence-electron chi connectivity index (χ0n) is 18.9. The van der Waals surface area contributed by atoms with Gasteiger partial charge in [0.25, 0.3) is 0 Å². The number of hydrogen-bond donors (Lipinski definition) is 2. The van der Waals surface area contributed by atoms with E-state index in [-0.39, 0.29) is 12.1 Å². The minimum absolute atomic E-state index is 0.159. The molecule has 2 heterocycles. The van der Waals surface area contributed by atoms with Crippen LogP contribution in [0, 0.1) is 0 Å². The van der Waals surface area contributed by atoms with Crippen molar-refractivity contribution in [2.24, 2.45) is 0 Å². The van der Waals surface area contributed by atoms with Gasteiger partial charge in [-0.05, 0) is 40.0 Å². The molecule has 4 rings (SSSR count). The number of carboxylic acids is 1. The van der Waals surface area contributed by atoms with Crippen LogP contribution >= 0.6 is 0 Å². The van der Waals surface area contributed by atoms with Crippen molar-refractivity contribution in [2.45, 2.75) is 45.3 Å². The first-order valence-corrected chi connectivity index (χ1v) is 11.1. The number of aromatic amines is 1. The van der Waals surface area contributed by atoms with Crippen LogP contribution in [-0.2, 0) is 19.4 Å². The van der Waals surface area contributed by atoms with E-state index in [9.17, 15) is 23.1 Å². The van der Waals surface area contributed by atoms with E-state index in [0.29, 0.717) is 29.9 Å². The zero-order chi connectivity index (χ0) is 25.0. The molecular weight excluding hydrogens is 461 g/mol. The molecule has 4 aromatic rings. The lowest BCUT2D eigenvalue weighted by atomic mass is 9.95. The maximum Gasteiger partial charge on any atom is 0.408 e. The lowest BCUT2D eigenvalue weighted by Gasteiger charge is -2.12. The molecule has 0 bridgehead atoms. The summed E-state index contributed by atoms with van der Waals surface area (Å²) in [5.41, 5.74) is 3.65. The number of halogens is 3. The number of unbranched alkanes of at least 4 members (excludes halogenated alkanes) is 1. The van der Waals surface area contributed by atoms with Crippen molar-refractivity contribution in [3.63, 3.8) is 0 Å². The van der Waals surface area contributed by atoms with E-state index in [1.54, 1.807) is 0 Å². The number of nitrogens with zero attached hydrogens (tertiary/aromatic N) is 5. The summed E-state index contributed by atoms with van der Waals surface area (Å²) in [6.45, 7) is 0.603. The Bertz CT molecular complexity index is 1300. The van der Waals surface area contributed by atoms with Crippen molar-refractivity contribution in [3.8, 4) is 22.5 Å². The van der Waals surface area contributed by atoms with Gasteiger partial charge < -0.3 is 5.11 Å². The molecule has 0 saturated carbocycles. The zero-order valence-corrected chi connectivity index (χ0v) is 18.9. The maximum atomic E-state index is 13.1. The van der Waals surface area contributed by atoms with Gasteiger partial charge in [0.1, 0.15) is 6.54 Å². The van der Waals surface area contributed by atoms with Crippen LogP contribution in [0.4, 0.5) is 13.2 Å². The fourth-order valence-corrected chi connectivity index (χ4v) is 4.04. The Morgan fingerprint density at radius 1 is 1.09 bits per heavy atom. The van der Waals surface area contributed by atoms with Gasteiger partial charge in [0.15, 0.2) is 11.5 Å². The third-order valence-electron chi connectivity index (χ3n) is 5.64. The van der Waals surface area contributed by atoms with Gasteiger partial charge in [-0.25, -0.2) is 9.89 Å². The van der Waals surface area contributed by atoms with Gasteiger partial charge in [0.05, 0.1) is 0 Å². The number of carbonyl (C=O) groups is 1. The van der Waals surface area contributed by atoms with Crippen LogP contribution in [0.5, 0.6) is 0 Å². The average Bonchev–Trinajstić information content (AvgIpc) is 3.46. The van der Waals surface area contributed by atoms with Crippen LogP contribution in [-0.4, -0.2) is 47.7 Å². The molecule has 0 aliphatic carbocycles. The smallest absolute Gasteiger partial charge is 0.408 e. The number of tetrazole rings is 1. The van der Waals surface area contributed by atoms with Crippen molar-refractivity contribution in [2.75, 3.05) is 0 Å². The number of aromatic carboxylic acids is 1. The van der Waals surface area contributed by atoms with Gasteiger partial charge in [0, 0.05) is 23.2 Å². The Hall–Kier alpha value is -4.02. The highest BCUT2D eigenvalue weighted by molar-refractivity contribution is 5.87. The molecule has 0 amide bonds. The van der Waals surface area contributed by atoms with Gasteiger partial charge in [-0.2, -0.15) is 18.3 Å². The minimum Gasteiger partial charge on any atom is -0.476 e. The van der Waals surface area contributed by atoms with Gasteiger partial charge in [-0.1, -0.05) is 61.9 Å². The summed E-state index contributed by atoms with van der Waals surface area (Å²) in [7, 11) is 0. The number of aromatic nitrogens is 6. The number of rotatable bonds is 9. The molecule has 0 saturated heterocycles. The molecule has 2 N–H and O–H groups in total. The van der Waals surface area contributed by atoms with Crippen LogP contribution in [0.1, 0.15) is 47.1 Å². The van der Waals surface area contributed by atoms with E-state index in [2.05, 4.69) is 25.7 Å². The molecule has 0 atom stereocenters. The first-order valence-electron chi connectivity index (χ1n) is 11.1. The van der Waals surface area contributed by atoms with Gasteiger partial charge in [-0.3, -0.25) is 4.68 Å². The van der Waals surface area contributed by atoms with Crippen LogP contribution in [0.3, 0.4) is 0 Å². The van der Waals surface area contributed by atoms with Crippen LogP contribution < -0.4 is 0 Å². The topological polar surface area (TPSA) is 110 Å². The van der Waals surface area contributed by atoms with Crippen molar-refractivity contribution in [1.29, 1.82) is 0 Å². The minimum atomic E-state index is -4.51. The summed E-state index contributed by atoms with van der Waals surface area (Å²) in [4.78, 5) is 11.8. The van der Waals surface area contributed by atoms with Crippen molar-refractivity contribution in [3.05, 3.63) is 71.0 Å². The van der Waals surface area contributed by atoms with E-state index < -0.39 is 18.7 Å². The Labute approximate surface area is 198 Å². The van der Waals surface area contributed by atoms with Gasteiger partial charge in [0.2, 0.25) is 0 Å². The standard InChI is InChI=1S/C24H23F3N6O2/c1-2-3-8-20-19(21(23(34)35)30-33(20)14-24(25,26)27)13-15-9-11-16(12-10-15)17-6-4-5-7-18(17)22-28-31-32-29-22/h4-7,9-12H,2-3,8,13-14H2,1H3,(H,34,35)(H,28,29,31,32). The van der Waals surface area contributed by atoms with Gasteiger partial charge >= 0.3 is 12.1 Å². The van der Waals surface area contributed by atoms with Crippen molar-refractivity contribution in [1.82, 2.24) is 30.4 Å². The van der Waals surface area contributed by atoms with E-state index >= 15 is 0 Å². The van der Waals surface area contributed by atoms with E-state index in [1.807, 2.05) is 55.5 Å². The Kier molecular flexibility index (Phi) is 6.94. The predicted octanol–water partition coefficient (Wildman–Crippen LogP) is 4.92. The first-order chi connectivity index (χ1) is 16.8. The van der Waals surface area contributed by atoms with Crippen molar-refractivity contribution < 1.29 is 23.1 Å². The second-order valence-electron chi connectivity index (χ2n) is 8.12. The lowest BCUT2D eigenvalue weighted by Crippen LogP contribution is -2.21. The van der Waals surface area contributed by atoms with Crippen molar-refractivity contribution >= 4 is 5.97 Å². The number of hydrogen-bond acceptors (Lipinski definition) is 5. The van der Waals surface area contributed by atoms with Crippen LogP contribution in [0.25, 0.3) is 22.5 Å². The molecular formula is C24H23F3N6O2. The second kappa shape index (κ2) is 10.1. The highest BCUT2D eigenvalue weighted by Crippen LogP contribution is 2.31. The fourth-order valence-electron chi connectivity index (χ4n) is 4.04. The van der Waals surface area contributed by atoms with E-state index in [0.717, 1.165) is 33.4 Å². The molecule has 11 heteroatoms. The first kappa shape index (κ1) is 24.1. The average molecular weight is 484 g/mol. The fraction of sp³-hybridized carbons (Fsp3) is 0.292. The molecule has 2 aromatic heterocycles. The van der Waals surface area contributed by atoms with E-state index in [1.165, 1.54) is 0 Å². The number of carboxylic acid groups (broad SMARTS) is 1. The molecule has 0 unspecified atom stereocenters. The molecule has 182 valence electrons. The molecule has 0 aliphatic rings. The lowest BCUT2D eigenvalue weighted by molar-refractivity contribution is -0.143. The van der Waals surface area contributed by atoms with Crippen LogP contribution in [0.15, 0.2) is 48.5 Å². The Balaban J connectivity index is 1.68. The molecule has 0 radical (unpaired) electrons. The maximum absolute atomic E-state index is 13.1. The largest absolute Gasteiger partial charge is 0.476 e. The third kappa shape index (κ3) is 5.56. The number of H-pyrrole nitrogens is 1. The second-order valence-corrected chi connectivity index (χ2v) is 8.12. The summed E-state index contributed by atoms with van der Waals surface area (Å²) in [5.74, 6) is -0.821. The highest BCUT2D eigenvalue weighted by Gasteiger charge is 2.32. The third-order valence-corrected chi connectivity index (χ3v) is 5.64. The van der Waals surface area contributed by atoms with Crippen LogP contribution in [0.2, 0.25) is 0 Å². The highest BCUT2D eigenvalue weighted by atomic mass is 19.4. The summed E-state index contributed by atoms with van der Waals surface area (Å²) >= 11 is 0. The summed E-state index contributed by atoms with van der Waals surface area (Å²) < 4.78 is 40.2. The normalized spacial score (nSPS) is 11.7. The summed E-state index contributed by atoms with van der Waals surface area (Å²) in [6.07, 6.45) is -2.64. The Morgan fingerprint density at radius 2 is 1.80 bits per heavy atom. The SMILES string of the molecule is CCCCc1c(Cc2ccc(-c3ccccc3-c3nnn[nH]3)cc2)c(C(=O)O)nn1CC(F)(F)F. The summed E-state index contributed by atoms with van der Waals surface area (Å²) in [6, 6.07) is 15.0. The monoisotopic (exact) mass is 484 g/mol. The van der Waals surface area contributed by atoms with E-state index in [4.69, 9.17) is 0 Å². The number of nitrogens with one attached hydrogen (secondary N) is 1.